The van der Waals surface area contributed by atoms with Gasteiger partial charge in [-0.25, -0.2) is 0 Å². The molecule has 1 aromatic rings. The van der Waals surface area contributed by atoms with Crippen molar-refractivity contribution < 1.29 is 0 Å². The molecular formula is C15H28N2S2. The van der Waals surface area contributed by atoms with Crippen molar-refractivity contribution >= 4 is 35.8 Å². The first kappa shape index (κ1) is 18.5. The van der Waals surface area contributed by atoms with Gasteiger partial charge in [0.25, 0.3) is 0 Å². The van der Waals surface area contributed by atoms with Crippen LogP contribution in [-0.2, 0) is 0 Å². The first-order chi connectivity index (χ1) is 8.90. The molecular weight excluding hydrogens is 272 g/mol. The van der Waals surface area contributed by atoms with Crippen molar-refractivity contribution in [3.05, 3.63) is 9.02 Å². The van der Waals surface area contributed by atoms with E-state index >= 15 is 0 Å². The molecule has 0 bridgehead atoms. The van der Waals surface area contributed by atoms with Crippen LogP contribution in [0, 0.1) is 14.9 Å². The highest BCUT2D eigenvalue weighted by Crippen LogP contribution is 2.37. The molecule has 0 aliphatic rings. The summed E-state index contributed by atoms with van der Waals surface area (Å²) in [7, 11) is 4.18. The van der Waals surface area contributed by atoms with Crippen molar-refractivity contribution in [3.63, 3.8) is 0 Å². The van der Waals surface area contributed by atoms with Gasteiger partial charge in [-0.1, -0.05) is 52.1 Å². The predicted molar refractivity (Wildman–Crippen MR) is 93.5 cm³/mol. The lowest BCUT2D eigenvalue weighted by Gasteiger charge is -2.30. The lowest BCUT2D eigenvalue weighted by atomic mass is 10.1. The molecule has 0 radical (unpaired) electrons. The Labute approximate surface area is 129 Å². The van der Waals surface area contributed by atoms with Crippen LogP contribution in [-0.4, -0.2) is 27.2 Å². The Balaban J connectivity index is 0.00000154. The third-order valence-electron chi connectivity index (χ3n) is 3.14. The number of anilines is 2. The molecule has 0 aromatic heterocycles. The largest absolute Gasteiger partial charge is 0.372 e. The van der Waals surface area contributed by atoms with Gasteiger partial charge >= 0.3 is 0 Å². The summed E-state index contributed by atoms with van der Waals surface area (Å²) in [6, 6.07) is 0. The van der Waals surface area contributed by atoms with E-state index in [2.05, 4.69) is 44.7 Å². The highest BCUT2D eigenvalue weighted by Gasteiger charge is 2.20. The monoisotopic (exact) mass is 300 g/mol. The van der Waals surface area contributed by atoms with E-state index in [1.54, 1.807) is 0 Å². The summed E-state index contributed by atoms with van der Waals surface area (Å²) in [5.41, 5.74) is 2.31. The number of hydrogen-bond donors (Lipinski definition) is 0. The van der Waals surface area contributed by atoms with Crippen LogP contribution in [0.2, 0.25) is 0 Å². The van der Waals surface area contributed by atoms with Gasteiger partial charge in [-0.3, -0.25) is 0 Å². The van der Waals surface area contributed by atoms with Crippen LogP contribution < -0.4 is 9.80 Å². The van der Waals surface area contributed by atoms with Crippen molar-refractivity contribution in [2.45, 2.75) is 41.0 Å². The summed E-state index contributed by atoms with van der Waals surface area (Å²) in [5, 5.41) is 0. The van der Waals surface area contributed by atoms with Gasteiger partial charge in [-0.2, -0.15) is 0 Å². The smallest absolute Gasteiger partial charge is 0.0834 e. The highest BCUT2D eigenvalue weighted by atomic mass is 32.1. The molecule has 0 aliphatic carbocycles. The van der Waals surface area contributed by atoms with Gasteiger partial charge in [0.2, 0.25) is 0 Å². The van der Waals surface area contributed by atoms with E-state index in [4.69, 9.17) is 24.4 Å². The summed E-state index contributed by atoms with van der Waals surface area (Å²) >= 11 is 10.7. The Morgan fingerprint density at radius 2 is 1.37 bits per heavy atom. The van der Waals surface area contributed by atoms with Crippen LogP contribution in [0.3, 0.4) is 0 Å². The minimum atomic E-state index is 0.714. The van der Waals surface area contributed by atoms with Crippen molar-refractivity contribution in [1.82, 2.24) is 0 Å². The topological polar surface area (TPSA) is 6.48 Å². The van der Waals surface area contributed by atoms with E-state index in [1.165, 1.54) is 6.42 Å². The van der Waals surface area contributed by atoms with Gasteiger partial charge in [0.05, 0.1) is 20.4 Å². The van der Waals surface area contributed by atoms with E-state index < -0.39 is 0 Å². The molecule has 19 heavy (non-hydrogen) atoms. The second kappa shape index (κ2) is 8.64. The molecule has 110 valence electrons. The van der Waals surface area contributed by atoms with Gasteiger partial charge in [0, 0.05) is 27.2 Å². The van der Waals surface area contributed by atoms with Crippen molar-refractivity contribution in [3.8, 4) is 0 Å². The summed E-state index contributed by atoms with van der Waals surface area (Å²) in [6.07, 6.45) is 1.18. The number of rotatable bonds is 6. The van der Waals surface area contributed by atoms with Crippen LogP contribution in [0.5, 0.6) is 0 Å². The van der Waals surface area contributed by atoms with E-state index in [0.717, 1.165) is 33.5 Å². The van der Waals surface area contributed by atoms with E-state index in [9.17, 15) is 0 Å². The quantitative estimate of drug-likeness (QED) is 0.683. The molecule has 0 unspecified atom stereocenters. The van der Waals surface area contributed by atoms with Gasteiger partial charge in [-0.15, -0.1) is 0 Å². The van der Waals surface area contributed by atoms with Crippen molar-refractivity contribution in [2.24, 2.45) is 5.92 Å². The van der Waals surface area contributed by atoms with Crippen LogP contribution in [0.15, 0.2) is 0 Å². The second-order valence-electron chi connectivity index (χ2n) is 4.97. The molecule has 1 aromatic carbocycles. The second-order valence-corrected chi connectivity index (χ2v) is 5.79. The molecule has 0 atom stereocenters. The fourth-order valence-electron chi connectivity index (χ4n) is 1.80. The van der Waals surface area contributed by atoms with Crippen molar-refractivity contribution in [1.29, 1.82) is 0 Å². The minimum Gasteiger partial charge on any atom is -0.372 e. The number of hydrogen-bond acceptors (Lipinski definition) is 4. The Hall–Kier alpha value is -0.480. The van der Waals surface area contributed by atoms with Gasteiger partial charge in [0.15, 0.2) is 0 Å². The van der Waals surface area contributed by atoms with Crippen LogP contribution in [0.4, 0.5) is 11.4 Å². The van der Waals surface area contributed by atoms with Gasteiger partial charge < -0.3 is 9.80 Å². The zero-order valence-electron chi connectivity index (χ0n) is 13.4. The summed E-state index contributed by atoms with van der Waals surface area (Å²) in [5.74, 6) is 0.714. The molecule has 4 heteroatoms. The van der Waals surface area contributed by atoms with Gasteiger partial charge in [0.1, 0.15) is 0 Å². The maximum absolute atomic E-state index is 5.36. The maximum atomic E-state index is 5.36. The van der Waals surface area contributed by atoms with Crippen LogP contribution in [0.25, 0.3) is 0 Å². The Morgan fingerprint density at radius 1 is 0.947 bits per heavy atom. The zero-order valence-corrected chi connectivity index (χ0v) is 15.0. The maximum Gasteiger partial charge on any atom is 0.0834 e. The van der Waals surface area contributed by atoms with Crippen LogP contribution in [0.1, 0.15) is 41.0 Å². The third kappa shape index (κ3) is 4.53. The fourth-order valence-corrected chi connectivity index (χ4v) is 2.50. The first-order valence-electron chi connectivity index (χ1n) is 7.15. The van der Waals surface area contributed by atoms with E-state index in [1.807, 2.05) is 13.8 Å². The molecule has 2 nitrogen and oxygen atoms in total. The summed E-state index contributed by atoms with van der Waals surface area (Å²) < 4.78 is 1.72. The molecule has 0 N–H and O–H groups in total. The molecule has 0 spiro atoms. The SMILES string of the molecule is CC.CCN(C)c1c(N(C)CCC(C)C)c(=S)c1=S. The lowest BCUT2D eigenvalue weighted by molar-refractivity contribution is 0.584. The number of nitrogens with zero attached hydrogens (tertiary/aromatic N) is 2. The third-order valence-corrected chi connectivity index (χ3v) is 4.06. The van der Waals surface area contributed by atoms with E-state index in [0.29, 0.717) is 5.92 Å². The minimum absolute atomic E-state index is 0.714. The predicted octanol–water partition coefficient (Wildman–Crippen LogP) is 4.99. The molecule has 0 fully saturated rings. The highest BCUT2D eigenvalue weighted by molar-refractivity contribution is 7.74. The molecule has 0 saturated carbocycles. The normalized spacial score (nSPS) is 10.3. The zero-order chi connectivity index (χ0) is 15.2. The molecule has 0 aliphatic heterocycles. The Kier molecular flexibility index (Phi) is 8.42. The Morgan fingerprint density at radius 3 is 1.74 bits per heavy atom. The molecule has 1 rings (SSSR count). The summed E-state index contributed by atoms with van der Waals surface area (Å²) in [4.78, 5) is 4.43. The lowest BCUT2D eigenvalue weighted by Crippen LogP contribution is -2.27. The van der Waals surface area contributed by atoms with Crippen LogP contribution >= 0.6 is 24.4 Å². The average Bonchev–Trinajstić information content (AvgIpc) is 2.42. The Bertz CT molecular complexity index is 445. The van der Waals surface area contributed by atoms with Crippen molar-refractivity contribution in [2.75, 3.05) is 37.0 Å². The standard InChI is InChI=1S/C13H22N2S2.C2H6/c1-6-14(4)10-11(13(17)12(10)16)15(5)8-7-9(2)3;1-2/h9H,6-8H2,1-5H3;1-2H3. The fraction of sp³-hybridized carbons (Fsp3) is 0.733. The molecule has 0 amide bonds. The molecule has 0 saturated heterocycles. The summed E-state index contributed by atoms with van der Waals surface area (Å²) in [6.45, 7) is 12.6. The van der Waals surface area contributed by atoms with Gasteiger partial charge in [-0.05, 0) is 19.3 Å². The van der Waals surface area contributed by atoms with E-state index in [-0.39, 0.29) is 0 Å². The average molecular weight is 301 g/mol. The molecule has 0 heterocycles. The first-order valence-corrected chi connectivity index (χ1v) is 7.97.